The minimum Gasteiger partial charge on any atom is -0.438 e. The van der Waals surface area contributed by atoms with E-state index < -0.39 is 35.7 Å². The number of nitrogens with two attached hydrogens (primary N) is 2. The van der Waals surface area contributed by atoms with Crippen LogP contribution in [0.5, 0.6) is 0 Å². The fourth-order valence-electron chi connectivity index (χ4n) is 5.53. The molecule has 198 valence electrons. The minimum atomic E-state index is -2.71. The molecular formula is C23H30N8O6. The summed E-state index contributed by atoms with van der Waals surface area (Å²) in [5, 5.41) is 28.2. The summed E-state index contributed by atoms with van der Waals surface area (Å²) in [7, 11) is 0. The minimum absolute atomic E-state index is 0.0924. The van der Waals surface area contributed by atoms with E-state index in [1.54, 1.807) is 0 Å². The highest BCUT2D eigenvalue weighted by molar-refractivity contribution is 6.02. The first kappa shape index (κ1) is 24.8. The van der Waals surface area contributed by atoms with E-state index in [0.717, 1.165) is 16.0 Å². The van der Waals surface area contributed by atoms with Crippen molar-refractivity contribution in [2.75, 3.05) is 19.6 Å². The first-order valence-electron chi connectivity index (χ1n) is 12.0. The first-order chi connectivity index (χ1) is 17.5. The Labute approximate surface area is 212 Å². The van der Waals surface area contributed by atoms with Crippen LogP contribution >= 0.6 is 0 Å². The normalized spacial score (nSPS) is 29.9. The molecule has 2 unspecified atom stereocenters. The van der Waals surface area contributed by atoms with E-state index in [1.807, 2.05) is 31.2 Å². The molecule has 14 heteroatoms. The lowest BCUT2D eigenvalue weighted by atomic mass is 9.85. The molecule has 4 atom stereocenters. The number of aliphatic hydroxyl groups is 2. The van der Waals surface area contributed by atoms with E-state index in [-0.39, 0.29) is 56.2 Å². The van der Waals surface area contributed by atoms with E-state index in [0.29, 0.717) is 6.42 Å². The summed E-state index contributed by atoms with van der Waals surface area (Å²) in [6.45, 7) is 1.88. The van der Waals surface area contributed by atoms with Gasteiger partial charge in [-0.1, -0.05) is 29.8 Å². The average Bonchev–Trinajstić information content (AvgIpc) is 3.42. The van der Waals surface area contributed by atoms with Crippen molar-refractivity contribution >= 4 is 29.8 Å². The standard InChI is InChI=1S/C23H30N8O6/c1-12-3-2-4-13(9-12)7-8-26-21(34)37-15-11-31-20(25)27-14(10-30-16(32)5-6-17(30)33)18-22(31,23(15,35)36)29-19(24)28-18/h2-4,9,14-15,18,35-36H,5-8,10-11H2,1H3,(H2,25,27)(H,26,34)(H3,24,28,29)/t14?,15?,18-,22-/m0/s1. The number of carbonyl (C=O) groups is 3. The van der Waals surface area contributed by atoms with Gasteiger partial charge in [-0.15, -0.1) is 0 Å². The zero-order chi connectivity index (χ0) is 26.5. The predicted octanol–water partition coefficient (Wildman–Crippen LogP) is -2.54. The number of aliphatic imine (C=N–C) groups is 2. The number of likely N-dealkylation sites (tertiary alicyclic amines) is 1. The van der Waals surface area contributed by atoms with Crippen molar-refractivity contribution in [1.29, 1.82) is 0 Å². The molecule has 1 aromatic rings. The monoisotopic (exact) mass is 514 g/mol. The van der Waals surface area contributed by atoms with Crippen LogP contribution in [0.15, 0.2) is 34.3 Å². The Hall–Kier alpha value is -3.91. The molecule has 4 heterocycles. The average molecular weight is 515 g/mol. The van der Waals surface area contributed by atoms with Crippen LogP contribution in [0.2, 0.25) is 0 Å². The van der Waals surface area contributed by atoms with E-state index in [9.17, 15) is 24.6 Å². The lowest BCUT2D eigenvalue weighted by Gasteiger charge is -2.48. The number of benzene rings is 1. The number of imide groups is 1. The van der Waals surface area contributed by atoms with Crippen LogP contribution in [0.4, 0.5) is 4.79 Å². The molecule has 2 fully saturated rings. The molecule has 5 rings (SSSR count). The summed E-state index contributed by atoms with van der Waals surface area (Å²) < 4.78 is 5.42. The maximum Gasteiger partial charge on any atom is 0.407 e. The zero-order valence-electron chi connectivity index (χ0n) is 20.3. The highest BCUT2D eigenvalue weighted by Gasteiger charge is 2.74. The molecule has 1 aromatic carbocycles. The molecule has 0 bridgehead atoms. The van der Waals surface area contributed by atoms with Crippen LogP contribution in [0.1, 0.15) is 24.0 Å². The molecule has 0 radical (unpaired) electrons. The first-order valence-corrected chi connectivity index (χ1v) is 12.0. The van der Waals surface area contributed by atoms with Crippen molar-refractivity contribution < 1.29 is 29.3 Å². The van der Waals surface area contributed by atoms with Gasteiger partial charge in [0.05, 0.1) is 19.1 Å². The van der Waals surface area contributed by atoms with Crippen molar-refractivity contribution in [3.8, 4) is 0 Å². The van der Waals surface area contributed by atoms with Crippen LogP contribution < -0.4 is 22.1 Å². The van der Waals surface area contributed by atoms with Gasteiger partial charge in [0.15, 0.2) is 23.7 Å². The van der Waals surface area contributed by atoms with Crippen molar-refractivity contribution in [3.05, 3.63) is 35.4 Å². The van der Waals surface area contributed by atoms with Crippen LogP contribution in [-0.4, -0.2) is 99.1 Å². The number of hydrogen-bond donors (Lipinski definition) is 6. The van der Waals surface area contributed by atoms with Crippen LogP contribution in [0, 0.1) is 6.92 Å². The number of hydrogen-bond acceptors (Lipinski definition) is 12. The molecule has 0 aliphatic carbocycles. The Morgan fingerprint density at radius 3 is 2.68 bits per heavy atom. The predicted molar refractivity (Wildman–Crippen MR) is 130 cm³/mol. The van der Waals surface area contributed by atoms with Gasteiger partial charge in [0, 0.05) is 19.4 Å². The number of ether oxygens (including phenoxy) is 1. The molecule has 3 amide bonds. The molecule has 1 spiro atoms. The van der Waals surface area contributed by atoms with Gasteiger partial charge >= 0.3 is 6.09 Å². The van der Waals surface area contributed by atoms with E-state index in [4.69, 9.17) is 16.2 Å². The van der Waals surface area contributed by atoms with Crippen LogP contribution in [0.3, 0.4) is 0 Å². The number of guanidine groups is 2. The molecule has 0 aromatic heterocycles. The molecule has 4 aliphatic heterocycles. The Balaban J connectivity index is 1.32. The van der Waals surface area contributed by atoms with Crippen LogP contribution in [-0.2, 0) is 20.7 Å². The molecule has 8 N–H and O–H groups in total. The largest absolute Gasteiger partial charge is 0.438 e. The number of nitrogens with zero attached hydrogens (tertiary/aromatic N) is 4. The molecule has 4 aliphatic rings. The Bertz CT molecular complexity index is 1190. The Kier molecular flexibility index (Phi) is 5.95. The van der Waals surface area contributed by atoms with Gasteiger partial charge in [-0.3, -0.25) is 14.5 Å². The smallest absolute Gasteiger partial charge is 0.407 e. The molecule has 14 nitrogen and oxygen atoms in total. The lowest BCUT2D eigenvalue weighted by molar-refractivity contribution is -0.256. The van der Waals surface area contributed by atoms with E-state index >= 15 is 0 Å². The van der Waals surface area contributed by atoms with E-state index in [2.05, 4.69) is 20.6 Å². The quantitative estimate of drug-likeness (QED) is 0.173. The van der Waals surface area contributed by atoms with Crippen molar-refractivity contribution in [1.82, 2.24) is 20.4 Å². The van der Waals surface area contributed by atoms with E-state index in [1.165, 1.54) is 4.90 Å². The Morgan fingerprint density at radius 1 is 1.24 bits per heavy atom. The second-order valence-electron chi connectivity index (χ2n) is 9.70. The number of carbonyl (C=O) groups excluding carboxylic acids is 3. The van der Waals surface area contributed by atoms with Crippen LogP contribution in [0.25, 0.3) is 0 Å². The fourth-order valence-corrected chi connectivity index (χ4v) is 5.53. The second kappa shape index (κ2) is 8.88. The summed E-state index contributed by atoms with van der Waals surface area (Å²) in [4.78, 5) is 48.1. The topological polar surface area (TPSA) is 208 Å². The second-order valence-corrected chi connectivity index (χ2v) is 9.70. The number of amides is 3. The maximum absolute atomic E-state index is 12.6. The van der Waals surface area contributed by atoms with Gasteiger partial charge < -0.3 is 42.0 Å². The lowest BCUT2D eigenvalue weighted by Crippen LogP contribution is -2.77. The van der Waals surface area contributed by atoms with Crippen molar-refractivity contribution in [2.24, 2.45) is 21.5 Å². The number of alkyl carbamates (subject to hydrolysis) is 1. The van der Waals surface area contributed by atoms with Gasteiger partial charge in [0.1, 0.15) is 6.04 Å². The summed E-state index contributed by atoms with van der Waals surface area (Å²) >= 11 is 0. The molecule has 2 saturated heterocycles. The third-order valence-electron chi connectivity index (χ3n) is 7.29. The van der Waals surface area contributed by atoms with Gasteiger partial charge in [-0.05, 0) is 18.9 Å². The van der Waals surface area contributed by atoms with Crippen molar-refractivity contribution in [2.45, 2.75) is 55.8 Å². The molecular weight excluding hydrogens is 484 g/mol. The zero-order valence-corrected chi connectivity index (χ0v) is 20.3. The highest BCUT2D eigenvalue weighted by atomic mass is 16.6. The van der Waals surface area contributed by atoms with Gasteiger partial charge in [0.25, 0.3) is 0 Å². The molecule has 0 saturated carbocycles. The number of rotatable bonds is 6. The van der Waals surface area contributed by atoms with Crippen molar-refractivity contribution in [3.63, 3.8) is 0 Å². The summed E-state index contributed by atoms with van der Waals surface area (Å²) in [5.41, 5.74) is 12.5. The third-order valence-corrected chi connectivity index (χ3v) is 7.29. The fraction of sp³-hybridized carbons (Fsp3) is 0.522. The number of aryl methyl sites for hydroxylation is 1. The SMILES string of the molecule is Cc1cccc(CCNC(=O)OC2CN3C(N)=NC(CN4C(=O)CCC4=O)[C@@H]4N=C(N)N[C@@]43C2(O)O)c1. The highest BCUT2D eigenvalue weighted by Crippen LogP contribution is 2.45. The van der Waals surface area contributed by atoms with Gasteiger partial charge in [-0.25, -0.2) is 14.8 Å². The Morgan fingerprint density at radius 2 is 1.97 bits per heavy atom. The summed E-state index contributed by atoms with van der Waals surface area (Å²) in [6, 6.07) is 5.90. The maximum atomic E-state index is 12.6. The van der Waals surface area contributed by atoms with Gasteiger partial charge in [-0.2, -0.15) is 0 Å². The number of nitrogens with one attached hydrogen (secondary N) is 2. The third kappa shape index (κ3) is 4.01. The van der Waals surface area contributed by atoms with Gasteiger partial charge in [0.2, 0.25) is 17.6 Å². The summed E-state index contributed by atoms with van der Waals surface area (Å²) in [5.74, 6) is -3.63. The molecule has 37 heavy (non-hydrogen) atoms. The summed E-state index contributed by atoms with van der Waals surface area (Å²) in [6.07, 6.45) is -1.55.